The molecule has 57 heavy (non-hydrogen) atoms. The second-order valence-electron chi connectivity index (χ2n) is 17.0. The predicted octanol–water partition coefficient (Wildman–Crippen LogP) is 7.17. The van der Waals surface area contributed by atoms with Crippen molar-refractivity contribution in [3.05, 3.63) is 102 Å². The second kappa shape index (κ2) is 13.2. The summed E-state index contributed by atoms with van der Waals surface area (Å²) in [6.07, 6.45) is 16.4. The highest BCUT2D eigenvalue weighted by atomic mass is 16.5. The number of nitrogens with one attached hydrogen (secondary N) is 4. The molecule has 0 aliphatic carbocycles. The van der Waals surface area contributed by atoms with Gasteiger partial charge < -0.3 is 30.3 Å². The fourth-order valence-corrected chi connectivity index (χ4v) is 10.7. The summed E-state index contributed by atoms with van der Waals surface area (Å²) in [7, 11) is 2.22. The molecule has 288 valence electrons. The molecule has 4 fully saturated rings. The first-order chi connectivity index (χ1) is 28.1. The fraction of sp³-hybridized carbons (Fsp3) is 0.378. The summed E-state index contributed by atoms with van der Waals surface area (Å²) in [5.74, 6) is 3.46. The molecule has 0 amide bonds. The zero-order chi connectivity index (χ0) is 37.6. The molecule has 3 unspecified atom stereocenters. The molecule has 4 N–H and O–H groups in total. The van der Waals surface area contributed by atoms with Gasteiger partial charge >= 0.3 is 0 Å². The summed E-state index contributed by atoms with van der Waals surface area (Å²) in [4.78, 5) is 13.3. The molecule has 0 spiro atoms. The van der Waals surface area contributed by atoms with E-state index in [0.717, 1.165) is 105 Å². The minimum atomic E-state index is -0.515. The molecule has 12 nitrogen and oxygen atoms in total. The monoisotopic (exact) mass is 758 g/mol. The number of piperidine rings is 2. The Labute approximate surface area is 331 Å². The maximum absolute atomic E-state index is 7.31. The van der Waals surface area contributed by atoms with Gasteiger partial charge in [0.25, 0.3) is 0 Å². The van der Waals surface area contributed by atoms with E-state index in [-0.39, 0.29) is 0 Å². The van der Waals surface area contributed by atoms with E-state index < -0.39 is 6.10 Å². The third kappa shape index (κ3) is 5.79. The van der Waals surface area contributed by atoms with Crippen molar-refractivity contribution in [2.45, 2.75) is 100 Å². The van der Waals surface area contributed by atoms with Gasteiger partial charge in [0, 0.05) is 101 Å². The number of hydrogen-bond acceptors (Lipinski definition) is 10. The molecular weight excluding hydrogens is 713 g/mol. The molecule has 0 radical (unpaired) electrons. The summed E-state index contributed by atoms with van der Waals surface area (Å²) >= 11 is 0. The Bertz CT molecular complexity index is 2460. The Morgan fingerprint density at radius 2 is 1.60 bits per heavy atom. The number of fused-ring (bicyclic) bond motifs is 10. The molecule has 12 heteroatoms. The minimum absolute atomic E-state index is 0.357. The van der Waals surface area contributed by atoms with Crippen molar-refractivity contribution in [2.24, 2.45) is 0 Å². The summed E-state index contributed by atoms with van der Waals surface area (Å²) in [5, 5.41) is 23.2. The van der Waals surface area contributed by atoms with Gasteiger partial charge in [-0.05, 0) is 105 Å². The van der Waals surface area contributed by atoms with Crippen molar-refractivity contribution < 1.29 is 9.47 Å². The number of hydrogen-bond donors (Lipinski definition) is 4. The first kappa shape index (κ1) is 33.4. The molecule has 12 rings (SSSR count). The van der Waals surface area contributed by atoms with Crippen LogP contribution in [0.25, 0.3) is 39.1 Å². The maximum Gasteiger partial charge on any atom is 0.167 e. The van der Waals surface area contributed by atoms with Crippen molar-refractivity contribution in [1.82, 2.24) is 40.6 Å². The Hall–Kier alpha value is -5.72. The molecule has 4 saturated heterocycles. The minimum Gasteiger partial charge on any atom is -0.487 e. The molecule has 7 atom stereocenters. The van der Waals surface area contributed by atoms with Gasteiger partial charge in [-0.2, -0.15) is 10.2 Å². The smallest absolute Gasteiger partial charge is 0.167 e. The van der Waals surface area contributed by atoms with Crippen LogP contribution in [0.1, 0.15) is 74.4 Å². The number of aromatic amines is 1. The fourth-order valence-electron chi connectivity index (χ4n) is 10.7. The zero-order valence-electron chi connectivity index (χ0n) is 32.0. The van der Waals surface area contributed by atoms with Gasteiger partial charge in [0.05, 0.1) is 23.3 Å². The Kier molecular flexibility index (Phi) is 7.72. The topological polar surface area (TPSA) is 130 Å². The zero-order valence-corrected chi connectivity index (χ0v) is 32.0. The number of benzene rings is 2. The van der Waals surface area contributed by atoms with E-state index in [1.54, 1.807) is 6.20 Å². The number of pyridine rings is 2. The standard InChI is InChI=1S/C45H46N10O2/c1-54(33-18-29-6-7-30(19-33)50-29)42-21-37(43-36-9-3-25(26-22-46-47-23-26)15-39(36)56-24-38(43)52-42)45-44-35(34-10-8-32(20-40(34)57-45)55-14-2-13-48-55)11-12-41(53-44)51-31-16-27-4-5-28(17-31)49-27/h2-3,8-15,20-23,27-31,33,45,49-50H,4-7,16-19,24H2,1H3,(H,46,47)(H,51,53)/t27-,28+,29-,30+,31?,33?,45?. The average molecular weight is 759 g/mol. The molecular formula is C45H46N10O2. The first-order valence-corrected chi connectivity index (χ1v) is 20.7. The van der Waals surface area contributed by atoms with E-state index in [2.05, 4.69) is 97.8 Å². The SMILES string of the molecule is CN(c1cc(C2Oc3cc(-n4cccn4)ccc3-c3ccc(NC4C[C@H]5CC[C@@H](C4)N5)nc32)c2c(n1)COc1cc(-c3cn[nH]c3)ccc1-2)C1C[C@H]2CC[C@@H](C1)N2. The van der Waals surface area contributed by atoms with Gasteiger partial charge in [-0.25, -0.2) is 14.6 Å². The lowest BCUT2D eigenvalue weighted by atomic mass is 9.87. The maximum atomic E-state index is 7.31. The Morgan fingerprint density at radius 1 is 0.807 bits per heavy atom. The number of rotatable bonds is 7. The third-order valence-corrected chi connectivity index (χ3v) is 13.5. The van der Waals surface area contributed by atoms with Gasteiger partial charge in [-0.3, -0.25) is 5.10 Å². The van der Waals surface area contributed by atoms with Crippen LogP contribution in [0.4, 0.5) is 11.6 Å². The highest BCUT2D eigenvalue weighted by Crippen LogP contribution is 2.51. The highest BCUT2D eigenvalue weighted by Gasteiger charge is 2.39. The van der Waals surface area contributed by atoms with Crippen molar-refractivity contribution in [2.75, 3.05) is 17.3 Å². The lowest BCUT2D eigenvalue weighted by molar-refractivity contribution is 0.237. The first-order valence-electron chi connectivity index (χ1n) is 20.7. The summed E-state index contributed by atoms with van der Waals surface area (Å²) in [6.45, 7) is 0.357. The van der Waals surface area contributed by atoms with Crippen molar-refractivity contribution >= 4 is 11.6 Å². The molecule has 4 aromatic heterocycles. The van der Waals surface area contributed by atoms with Crippen LogP contribution in [0, 0.1) is 0 Å². The largest absolute Gasteiger partial charge is 0.487 e. The number of anilines is 2. The van der Waals surface area contributed by atoms with E-state index in [9.17, 15) is 0 Å². The molecule has 4 bridgehead atoms. The summed E-state index contributed by atoms with van der Waals surface area (Å²) in [5.41, 5.74) is 10.0. The number of H-pyrrole nitrogens is 1. The van der Waals surface area contributed by atoms with Crippen LogP contribution in [0.3, 0.4) is 0 Å². The van der Waals surface area contributed by atoms with E-state index in [1.807, 2.05) is 29.3 Å². The van der Waals surface area contributed by atoms with Crippen LogP contribution in [0.5, 0.6) is 11.5 Å². The van der Waals surface area contributed by atoms with Gasteiger partial charge in [-0.15, -0.1) is 0 Å². The van der Waals surface area contributed by atoms with E-state index >= 15 is 0 Å². The van der Waals surface area contributed by atoms with E-state index in [4.69, 9.17) is 19.4 Å². The van der Waals surface area contributed by atoms with Crippen LogP contribution in [0.2, 0.25) is 0 Å². The van der Waals surface area contributed by atoms with Crippen molar-refractivity contribution in [3.63, 3.8) is 0 Å². The lowest BCUT2D eigenvalue weighted by Crippen LogP contribution is -2.47. The predicted molar refractivity (Wildman–Crippen MR) is 219 cm³/mol. The molecule has 6 aliphatic heterocycles. The Balaban J connectivity index is 1.02. The Morgan fingerprint density at radius 3 is 2.37 bits per heavy atom. The van der Waals surface area contributed by atoms with Crippen LogP contribution in [-0.2, 0) is 6.61 Å². The number of nitrogens with zero attached hydrogens (tertiary/aromatic N) is 6. The van der Waals surface area contributed by atoms with Gasteiger partial charge in [0.2, 0.25) is 0 Å². The van der Waals surface area contributed by atoms with Gasteiger partial charge in [0.15, 0.2) is 6.10 Å². The van der Waals surface area contributed by atoms with Crippen LogP contribution in [-0.4, -0.2) is 73.2 Å². The van der Waals surface area contributed by atoms with Crippen molar-refractivity contribution in [3.8, 4) is 50.6 Å². The second-order valence-corrected chi connectivity index (χ2v) is 17.0. The molecule has 6 aliphatic rings. The number of aromatic nitrogens is 6. The summed E-state index contributed by atoms with van der Waals surface area (Å²) < 4.78 is 15.8. The molecule has 2 aromatic carbocycles. The lowest BCUT2D eigenvalue weighted by Gasteiger charge is -2.38. The highest BCUT2D eigenvalue weighted by molar-refractivity contribution is 5.84. The third-order valence-electron chi connectivity index (χ3n) is 13.5. The van der Waals surface area contributed by atoms with E-state index in [0.29, 0.717) is 42.9 Å². The quantitative estimate of drug-likeness (QED) is 0.133. The normalized spacial score (nSPS) is 26.4. The van der Waals surface area contributed by atoms with Gasteiger partial charge in [0.1, 0.15) is 29.7 Å². The molecule has 0 saturated carbocycles. The number of ether oxygens (including phenoxy) is 2. The van der Waals surface area contributed by atoms with Crippen LogP contribution < -0.4 is 30.3 Å². The van der Waals surface area contributed by atoms with E-state index in [1.165, 1.54) is 25.7 Å². The van der Waals surface area contributed by atoms with Crippen molar-refractivity contribution in [1.29, 1.82) is 0 Å². The average Bonchev–Trinajstić information content (AvgIpc) is 4.09. The molecule has 6 aromatic rings. The van der Waals surface area contributed by atoms with Crippen LogP contribution >= 0.6 is 0 Å². The molecule has 10 heterocycles. The summed E-state index contributed by atoms with van der Waals surface area (Å²) in [6, 6.07) is 24.5. The van der Waals surface area contributed by atoms with Gasteiger partial charge in [-0.1, -0.05) is 6.07 Å². The van der Waals surface area contributed by atoms with Crippen LogP contribution in [0.15, 0.2) is 85.5 Å².